The molecule has 1 nitrogen and oxygen atoms in total. The SMILES string of the molecule is CCNC(c1cc(F)cc(Br)c1)c1csc(C)c1. The van der Waals surface area contributed by atoms with Crippen LogP contribution in [0.3, 0.4) is 0 Å². The van der Waals surface area contributed by atoms with Gasteiger partial charge in [-0.1, -0.05) is 22.9 Å². The van der Waals surface area contributed by atoms with Crippen molar-refractivity contribution in [2.24, 2.45) is 0 Å². The van der Waals surface area contributed by atoms with E-state index in [2.05, 4.69) is 46.5 Å². The van der Waals surface area contributed by atoms with E-state index in [0.717, 1.165) is 16.6 Å². The number of halogens is 2. The highest BCUT2D eigenvalue weighted by molar-refractivity contribution is 9.10. The summed E-state index contributed by atoms with van der Waals surface area (Å²) in [4.78, 5) is 1.27. The standard InChI is InChI=1S/C14H15BrFNS/c1-3-17-14(11-4-9(2)18-8-11)10-5-12(15)7-13(16)6-10/h4-8,14,17H,3H2,1-2H3. The summed E-state index contributed by atoms with van der Waals surface area (Å²) in [5.41, 5.74) is 2.14. The maximum atomic E-state index is 13.5. The van der Waals surface area contributed by atoms with Crippen LogP contribution in [0, 0.1) is 12.7 Å². The normalized spacial score (nSPS) is 12.7. The first-order valence-corrected chi connectivity index (χ1v) is 7.52. The monoisotopic (exact) mass is 327 g/mol. The van der Waals surface area contributed by atoms with Crippen LogP contribution in [0.25, 0.3) is 0 Å². The van der Waals surface area contributed by atoms with Crippen molar-refractivity contribution in [3.63, 3.8) is 0 Å². The highest BCUT2D eigenvalue weighted by atomic mass is 79.9. The second-order valence-corrected chi connectivity index (χ2v) is 6.22. The first kappa shape index (κ1) is 13.7. The summed E-state index contributed by atoms with van der Waals surface area (Å²) in [7, 11) is 0. The average molecular weight is 328 g/mol. The Kier molecular flexibility index (Phi) is 4.54. The van der Waals surface area contributed by atoms with Gasteiger partial charge in [0.05, 0.1) is 6.04 Å². The average Bonchev–Trinajstić information content (AvgIpc) is 2.71. The van der Waals surface area contributed by atoms with Crippen LogP contribution in [-0.4, -0.2) is 6.54 Å². The Morgan fingerprint density at radius 3 is 2.61 bits per heavy atom. The molecule has 1 heterocycles. The molecule has 0 amide bonds. The molecule has 1 aromatic carbocycles. The van der Waals surface area contributed by atoms with Gasteiger partial charge >= 0.3 is 0 Å². The zero-order valence-electron chi connectivity index (χ0n) is 10.3. The van der Waals surface area contributed by atoms with E-state index >= 15 is 0 Å². The molecule has 1 N–H and O–H groups in total. The van der Waals surface area contributed by atoms with Crippen molar-refractivity contribution < 1.29 is 4.39 Å². The second-order valence-electron chi connectivity index (χ2n) is 4.18. The van der Waals surface area contributed by atoms with Gasteiger partial charge in [-0.25, -0.2) is 4.39 Å². The summed E-state index contributed by atoms with van der Waals surface area (Å²) < 4.78 is 14.3. The Morgan fingerprint density at radius 2 is 2.06 bits per heavy atom. The summed E-state index contributed by atoms with van der Waals surface area (Å²) in [6.45, 7) is 4.98. The molecule has 2 rings (SSSR count). The lowest BCUT2D eigenvalue weighted by atomic mass is 10.0. The van der Waals surface area contributed by atoms with Gasteiger partial charge in [-0.05, 0) is 54.2 Å². The minimum Gasteiger partial charge on any atom is -0.307 e. The molecule has 0 bridgehead atoms. The van der Waals surface area contributed by atoms with Crippen LogP contribution in [0.15, 0.2) is 34.1 Å². The predicted molar refractivity (Wildman–Crippen MR) is 78.7 cm³/mol. The molecule has 2 aromatic rings. The van der Waals surface area contributed by atoms with E-state index in [9.17, 15) is 4.39 Å². The van der Waals surface area contributed by atoms with Gasteiger partial charge in [0.1, 0.15) is 5.82 Å². The molecule has 0 aliphatic carbocycles. The van der Waals surface area contributed by atoms with E-state index in [4.69, 9.17) is 0 Å². The van der Waals surface area contributed by atoms with Crippen molar-refractivity contribution >= 4 is 27.3 Å². The number of benzene rings is 1. The van der Waals surface area contributed by atoms with Crippen molar-refractivity contribution in [3.05, 3.63) is 55.9 Å². The van der Waals surface area contributed by atoms with Gasteiger partial charge in [-0.15, -0.1) is 11.3 Å². The van der Waals surface area contributed by atoms with Gasteiger partial charge < -0.3 is 5.32 Å². The quantitative estimate of drug-likeness (QED) is 0.861. The molecule has 0 aliphatic heterocycles. The number of thiophene rings is 1. The van der Waals surface area contributed by atoms with E-state index in [-0.39, 0.29) is 11.9 Å². The minimum atomic E-state index is -0.214. The summed E-state index contributed by atoms with van der Waals surface area (Å²) in [6, 6.07) is 7.23. The first-order valence-electron chi connectivity index (χ1n) is 5.84. The van der Waals surface area contributed by atoms with Crippen molar-refractivity contribution in [2.75, 3.05) is 6.54 Å². The lowest BCUT2D eigenvalue weighted by molar-refractivity contribution is 0.603. The van der Waals surface area contributed by atoms with Crippen molar-refractivity contribution in [3.8, 4) is 0 Å². The van der Waals surface area contributed by atoms with Crippen molar-refractivity contribution in [1.29, 1.82) is 0 Å². The lowest BCUT2D eigenvalue weighted by Gasteiger charge is -2.18. The van der Waals surface area contributed by atoms with Gasteiger partial charge in [0, 0.05) is 9.35 Å². The summed E-state index contributed by atoms with van der Waals surface area (Å²) in [6.07, 6.45) is 0. The smallest absolute Gasteiger partial charge is 0.124 e. The Balaban J connectivity index is 2.40. The number of hydrogen-bond acceptors (Lipinski definition) is 2. The molecule has 0 saturated heterocycles. The van der Waals surface area contributed by atoms with Crippen LogP contribution in [0.2, 0.25) is 0 Å². The van der Waals surface area contributed by atoms with Crippen LogP contribution >= 0.6 is 27.3 Å². The molecule has 0 radical (unpaired) electrons. The third-order valence-electron chi connectivity index (χ3n) is 2.71. The molecule has 0 aliphatic rings. The van der Waals surface area contributed by atoms with Crippen LogP contribution < -0.4 is 5.32 Å². The molecule has 0 spiro atoms. The van der Waals surface area contributed by atoms with Gasteiger partial charge in [-0.3, -0.25) is 0 Å². The summed E-state index contributed by atoms with van der Waals surface area (Å²) >= 11 is 5.06. The van der Waals surface area contributed by atoms with Crippen molar-refractivity contribution in [1.82, 2.24) is 5.32 Å². The highest BCUT2D eigenvalue weighted by Crippen LogP contribution is 2.28. The van der Waals surface area contributed by atoms with E-state index in [1.165, 1.54) is 16.5 Å². The van der Waals surface area contributed by atoms with Gasteiger partial charge in [-0.2, -0.15) is 0 Å². The molecule has 96 valence electrons. The largest absolute Gasteiger partial charge is 0.307 e. The third kappa shape index (κ3) is 3.19. The molecular weight excluding hydrogens is 313 g/mol. The summed E-state index contributed by atoms with van der Waals surface area (Å²) in [5.74, 6) is -0.214. The molecule has 1 atom stereocenters. The maximum Gasteiger partial charge on any atom is 0.124 e. The highest BCUT2D eigenvalue weighted by Gasteiger charge is 2.15. The second kappa shape index (κ2) is 5.95. The Hall–Kier alpha value is -0.710. The fraction of sp³-hybridized carbons (Fsp3) is 0.286. The van der Waals surface area contributed by atoms with E-state index in [0.29, 0.717) is 0 Å². The maximum absolute atomic E-state index is 13.5. The van der Waals surface area contributed by atoms with Gasteiger partial charge in [0.2, 0.25) is 0 Å². The number of rotatable bonds is 4. The van der Waals surface area contributed by atoms with E-state index in [1.54, 1.807) is 17.4 Å². The van der Waals surface area contributed by atoms with E-state index < -0.39 is 0 Å². The molecule has 0 fully saturated rings. The Labute approximate surface area is 119 Å². The molecular formula is C14H15BrFNS. The number of hydrogen-bond donors (Lipinski definition) is 1. The number of nitrogens with one attached hydrogen (secondary N) is 1. The fourth-order valence-electron chi connectivity index (χ4n) is 1.99. The molecule has 18 heavy (non-hydrogen) atoms. The van der Waals surface area contributed by atoms with Crippen LogP contribution in [-0.2, 0) is 0 Å². The van der Waals surface area contributed by atoms with Gasteiger partial charge in [0.25, 0.3) is 0 Å². The molecule has 1 aromatic heterocycles. The fourth-order valence-corrected chi connectivity index (χ4v) is 3.20. The van der Waals surface area contributed by atoms with E-state index in [1.807, 2.05) is 6.07 Å². The van der Waals surface area contributed by atoms with Crippen LogP contribution in [0.1, 0.15) is 29.0 Å². The predicted octanol–water partition coefficient (Wildman–Crippen LogP) is 4.66. The minimum absolute atomic E-state index is 0.0481. The molecule has 0 saturated carbocycles. The zero-order valence-corrected chi connectivity index (χ0v) is 12.7. The summed E-state index contributed by atoms with van der Waals surface area (Å²) in [5, 5.41) is 5.53. The number of aryl methyl sites for hydroxylation is 1. The lowest BCUT2D eigenvalue weighted by Crippen LogP contribution is -2.21. The molecule has 4 heteroatoms. The van der Waals surface area contributed by atoms with Crippen LogP contribution in [0.4, 0.5) is 4.39 Å². The Bertz CT molecular complexity index is 518. The molecule has 1 unspecified atom stereocenters. The zero-order chi connectivity index (χ0) is 13.1. The third-order valence-corrected chi connectivity index (χ3v) is 4.05. The Morgan fingerprint density at radius 1 is 1.28 bits per heavy atom. The topological polar surface area (TPSA) is 12.0 Å². The van der Waals surface area contributed by atoms with Crippen LogP contribution in [0.5, 0.6) is 0 Å². The van der Waals surface area contributed by atoms with Crippen molar-refractivity contribution in [2.45, 2.75) is 19.9 Å². The van der Waals surface area contributed by atoms with Gasteiger partial charge in [0.15, 0.2) is 0 Å². The first-order chi connectivity index (χ1) is 8.60.